The van der Waals surface area contributed by atoms with E-state index in [1.54, 1.807) is 0 Å². The molecule has 0 radical (unpaired) electrons. The Hall–Kier alpha value is -1.14. The van der Waals surface area contributed by atoms with E-state index in [1.165, 1.54) is 38.9 Å². The molecule has 3 fully saturated rings. The molecule has 3 heterocycles. The zero-order valence-electron chi connectivity index (χ0n) is 21.4. The molecule has 6 heteroatoms. The molecule has 32 heavy (non-hydrogen) atoms. The van der Waals surface area contributed by atoms with E-state index in [0.717, 1.165) is 38.9 Å². The number of carbonyl (C=O) groups excluding carboxylic acids is 2. The molecule has 3 rings (SSSR count). The summed E-state index contributed by atoms with van der Waals surface area (Å²) in [6.45, 7) is 18.5. The molecule has 2 amide bonds. The van der Waals surface area contributed by atoms with E-state index in [-0.39, 0.29) is 29.7 Å². The van der Waals surface area contributed by atoms with E-state index in [0.29, 0.717) is 24.4 Å². The second-order valence-corrected chi connectivity index (χ2v) is 11.7. The first kappa shape index (κ1) is 25.5. The summed E-state index contributed by atoms with van der Waals surface area (Å²) in [5.74, 6) is 1.04. The Labute approximate surface area is 196 Å². The normalized spacial score (nSPS) is 25.7. The Morgan fingerprint density at radius 3 is 2.31 bits per heavy atom. The van der Waals surface area contributed by atoms with Crippen molar-refractivity contribution in [3.8, 4) is 0 Å². The summed E-state index contributed by atoms with van der Waals surface area (Å²) >= 11 is 0. The molecule has 0 aliphatic carbocycles. The third-order valence-electron chi connectivity index (χ3n) is 8.14. The van der Waals surface area contributed by atoms with Crippen LogP contribution in [-0.2, 0) is 9.59 Å². The number of piperidine rings is 1. The summed E-state index contributed by atoms with van der Waals surface area (Å²) in [7, 11) is 0. The predicted molar refractivity (Wildman–Crippen MR) is 130 cm³/mol. The van der Waals surface area contributed by atoms with Crippen LogP contribution in [0.15, 0.2) is 0 Å². The van der Waals surface area contributed by atoms with E-state index in [2.05, 4.69) is 49.7 Å². The monoisotopic (exact) mass is 448 g/mol. The molecule has 2 atom stereocenters. The number of nitrogens with zero attached hydrogens (tertiary/aromatic N) is 3. The number of hydrogen-bond donors (Lipinski definition) is 1. The molecule has 3 aliphatic heterocycles. The summed E-state index contributed by atoms with van der Waals surface area (Å²) < 4.78 is 0. The zero-order chi connectivity index (χ0) is 23.3. The van der Waals surface area contributed by atoms with Crippen LogP contribution in [-0.4, -0.2) is 84.9 Å². The predicted octanol–water partition coefficient (Wildman–Crippen LogP) is 3.22. The van der Waals surface area contributed by atoms with Crippen LogP contribution in [0.5, 0.6) is 0 Å². The van der Waals surface area contributed by atoms with Gasteiger partial charge >= 0.3 is 0 Å². The van der Waals surface area contributed by atoms with Gasteiger partial charge in [-0.3, -0.25) is 9.59 Å². The van der Waals surface area contributed by atoms with Gasteiger partial charge in [-0.2, -0.15) is 0 Å². The van der Waals surface area contributed by atoms with Crippen LogP contribution in [0.25, 0.3) is 0 Å². The highest BCUT2D eigenvalue weighted by molar-refractivity contribution is 5.84. The van der Waals surface area contributed by atoms with Crippen molar-refractivity contribution in [2.24, 2.45) is 23.2 Å². The third kappa shape index (κ3) is 6.69. The van der Waals surface area contributed by atoms with Crippen LogP contribution in [0.2, 0.25) is 0 Å². The van der Waals surface area contributed by atoms with Crippen molar-refractivity contribution >= 4 is 11.8 Å². The number of amides is 2. The topological polar surface area (TPSA) is 55.9 Å². The van der Waals surface area contributed by atoms with Crippen molar-refractivity contribution in [3.05, 3.63) is 0 Å². The van der Waals surface area contributed by atoms with Gasteiger partial charge < -0.3 is 20.0 Å². The minimum atomic E-state index is -0.106. The van der Waals surface area contributed by atoms with Gasteiger partial charge in [0.25, 0.3) is 0 Å². The maximum absolute atomic E-state index is 13.5. The van der Waals surface area contributed by atoms with Crippen molar-refractivity contribution < 1.29 is 9.59 Å². The number of carbonyl (C=O) groups is 2. The number of rotatable bonds is 9. The average Bonchev–Trinajstić information content (AvgIpc) is 3.26. The lowest BCUT2D eigenvalue weighted by molar-refractivity contribution is -0.143. The number of hydrogen-bond acceptors (Lipinski definition) is 4. The molecule has 0 aromatic heterocycles. The second kappa shape index (κ2) is 11.3. The average molecular weight is 449 g/mol. The largest absolute Gasteiger partial charge is 0.342 e. The van der Waals surface area contributed by atoms with Crippen LogP contribution in [0, 0.1) is 23.2 Å². The van der Waals surface area contributed by atoms with Gasteiger partial charge in [0.05, 0.1) is 12.0 Å². The van der Waals surface area contributed by atoms with E-state index in [4.69, 9.17) is 0 Å². The van der Waals surface area contributed by atoms with Crippen LogP contribution in [0.3, 0.4) is 0 Å². The summed E-state index contributed by atoms with van der Waals surface area (Å²) in [4.78, 5) is 33.2. The van der Waals surface area contributed by atoms with Crippen LogP contribution >= 0.6 is 0 Å². The highest BCUT2D eigenvalue weighted by atomic mass is 16.2. The van der Waals surface area contributed by atoms with Crippen molar-refractivity contribution in [1.82, 2.24) is 20.0 Å². The first-order chi connectivity index (χ1) is 15.2. The van der Waals surface area contributed by atoms with Gasteiger partial charge in [0.2, 0.25) is 11.8 Å². The Bertz CT molecular complexity index is 621. The van der Waals surface area contributed by atoms with Crippen molar-refractivity contribution in [2.45, 2.75) is 79.2 Å². The lowest BCUT2D eigenvalue weighted by Crippen LogP contribution is -2.58. The molecule has 6 nitrogen and oxygen atoms in total. The standard InChI is InChI=1S/C26H48N4O2/c1-20(2)18-23-25(32)30(17-11-27-23)19-22(21(3)4)24(31)29-15-9-26(5,10-16-29)8-14-28-12-6-7-13-28/h20-23,27H,6-19H2,1-5H3/t22?,23-/m0/s1. The molecule has 0 spiro atoms. The second-order valence-electron chi connectivity index (χ2n) is 11.7. The highest BCUT2D eigenvalue weighted by Gasteiger charge is 2.37. The maximum atomic E-state index is 13.5. The minimum Gasteiger partial charge on any atom is -0.342 e. The minimum absolute atomic E-state index is 0.0991. The van der Waals surface area contributed by atoms with E-state index < -0.39 is 0 Å². The van der Waals surface area contributed by atoms with Crippen molar-refractivity contribution in [2.75, 3.05) is 52.4 Å². The molecular formula is C26H48N4O2. The fourth-order valence-corrected chi connectivity index (χ4v) is 5.63. The summed E-state index contributed by atoms with van der Waals surface area (Å²) in [5, 5.41) is 3.38. The smallest absolute Gasteiger partial charge is 0.239 e. The SMILES string of the molecule is CC(C)C[C@@H]1NCCN(CC(C(=O)N2CCC(C)(CCN3CCCC3)CC2)C(C)C)C1=O. The van der Waals surface area contributed by atoms with Gasteiger partial charge in [-0.1, -0.05) is 34.6 Å². The van der Waals surface area contributed by atoms with Crippen LogP contribution < -0.4 is 5.32 Å². The molecule has 184 valence electrons. The fourth-order valence-electron chi connectivity index (χ4n) is 5.63. The lowest BCUT2D eigenvalue weighted by Gasteiger charge is -2.42. The first-order valence-corrected chi connectivity index (χ1v) is 13.2. The van der Waals surface area contributed by atoms with Gasteiger partial charge in [-0.05, 0) is 75.4 Å². The van der Waals surface area contributed by atoms with Crippen LogP contribution in [0.1, 0.15) is 73.1 Å². The lowest BCUT2D eigenvalue weighted by atomic mass is 9.77. The van der Waals surface area contributed by atoms with Gasteiger partial charge in [0.1, 0.15) is 0 Å². The van der Waals surface area contributed by atoms with E-state index >= 15 is 0 Å². The van der Waals surface area contributed by atoms with Gasteiger partial charge in [0, 0.05) is 32.7 Å². The molecule has 0 aromatic carbocycles. The maximum Gasteiger partial charge on any atom is 0.239 e. The summed E-state index contributed by atoms with van der Waals surface area (Å²) in [6.07, 6.45) is 7.00. The molecule has 1 N–H and O–H groups in total. The molecule has 0 aromatic rings. The van der Waals surface area contributed by atoms with Crippen LogP contribution in [0.4, 0.5) is 0 Å². The Morgan fingerprint density at radius 1 is 1.06 bits per heavy atom. The fraction of sp³-hybridized carbons (Fsp3) is 0.923. The molecule has 3 saturated heterocycles. The van der Waals surface area contributed by atoms with Gasteiger partial charge in [-0.15, -0.1) is 0 Å². The molecule has 1 unspecified atom stereocenters. The molecule has 0 saturated carbocycles. The molecule has 3 aliphatic rings. The van der Waals surface area contributed by atoms with Gasteiger partial charge in [0.15, 0.2) is 0 Å². The van der Waals surface area contributed by atoms with E-state index in [1.807, 2.05) is 4.90 Å². The molecular weight excluding hydrogens is 400 g/mol. The summed E-state index contributed by atoms with van der Waals surface area (Å²) in [5.41, 5.74) is 0.352. The van der Waals surface area contributed by atoms with Crippen molar-refractivity contribution in [1.29, 1.82) is 0 Å². The third-order valence-corrected chi connectivity index (χ3v) is 8.14. The van der Waals surface area contributed by atoms with Crippen molar-refractivity contribution in [3.63, 3.8) is 0 Å². The number of nitrogens with one attached hydrogen (secondary N) is 1. The summed E-state index contributed by atoms with van der Waals surface area (Å²) in [6, 6.07) is -0.0991. The first-order valence-electron chi connectivity index (χ1n) is 13.2. The quantitative estimate of drug-likeness (QED) is 0.588. The van der Waals surface area contributed by atoms with Gasteiger partial charge in [-0.25, -0.2) is 0 Å². The molecule has 0 bridgehead atoms. The highest BCUT2D eigenvalue weighted by Crippen LogP contribution is 2.35. The van der Waals surface area contributed by atoms with E-state index in [9.17, 15) is 9.59 Å². The Kier molecular flexibility index (Phi) is 9.02. The Balaban J connectivity index is 1.53. The Morgan fingerprint density at radius 2 is 1.72 bits per heavy atom. The zero-order valence-corrected chi connectivity index (χ0v) is 21.4. The number of likely N-dealkylation sites (tertiary alicyclic amines) is 2. The number of piperazine rings is 1.